The molecule has 0 aliphatic carbocycles. The van der Waals surface area contributed by atoms with Crippen molar-refractivity contribution in [3.05, 3.63) is 83.4 Å². The lowest BCUT2D eigenvalue weighted by Crippen LogP contribution is -2.30. The van der Waals surface area contributed by atoms with Crippen LogP contribution in [0.15, 0.2) is 72.3 Å². The standard InChI is InChI=1S/C28H29NO4/c1-4-5-15-29-25(21-11-8-12-23(17-21)33-18(2)3)24(27(31)28(29)32)26(30)22-14-13-19-9-6-7-10-20(19)16-22/h6-14,16-18,25,30H,4-5,15H2,1-3H3/b26-24-. The van der Waals surface area contributed by atoms with Gasteiger partial charge in [0.2, 0.25) is 0 Å². The van der Waals surface area contributed by atoms with Crippen LogP contribution < -0.4 is 4.74 Å². The minimum absolute atomic E-state index is 0.00991. The van der Waals surface area contributed by atoms with E-state index in [4.69, 9.17) is 4.74 Å². The van der Waals surface area contributed by atoms with Crippen LogP contribution in [0.4, 0.5) is 0 Å². The van der Waals surface area contributed by atoms with Gasteiger partial charge in [0, 0.05) is 12.1 Å². The first-order chi connectivity index (χ1) is 15.9. The van der Waals surface area contributed by atoms with Crippen LogP contribution in [0.3, 0.4) is 0 Å². The molecule has 1 unspecified atom stereocenters. The van der Waals surface area contributed by atoms with Gasteiger partial charge >= 0.3 is 0 Å². The van der Waals surface area contributed by atoms with E-state index in [1.807, 2.05) is 81.4 Å². The third kappa shape index (κ3) is 4.49. The first-order valence-corrected chi connectivity index (χ1v) is 11.4. The van der Waals surface area contributed by atoms with Gasteiger partial charge in [-0.25, -0.2) is 0 Å². The van der Waals surface area contributed by atoms with Crippen LogP contribution in [0.2, 0.25) is 0 Å². The van der Waals surface area contributed by atoms with E-state index in [1.165, 1.54) is 0 Å². The summed E-state index contributed by atoms with van der Waals surface area (Å²) in [5.74, 6) is -0.726. The van der Waals surface area contributed by atoms with Crippen molar-refractivity contribution < 1.29 is 19.4 Å². The highest BCUT2D eigenvalue weighted by Crippen LogP contribution is 2.40. The molecule has 1 saturated heterocycles. The lowest BCUT2D eigenvalue weighted by molar-refractivity contribution is -0.139. The number of Topliss-reactive ketones (excluding diaryl/α,β-unsaturated/α-hetero) is 1. The second-order valence-electron chi connectivity index (χ2n) is 8.65. The molecule has 4 rings (SSSR count). The van der Waals surface area contributed by atoms with Gasteiger partial charge in [0.1, 0.15) is 11.5 Å². The van der Waals surface area contributed by atoms with Crippen molar-refractivity contribution in [2.75, 3.05) is 6.54 Å². The van der Waals surface area contributed by atoms with Crippen molar-refractivity contribution in [2.24, 2.45) is 0 Å². The highest BCUT2D eigenvalue weighted by atomic mass is 16.5. The summed E-state index contributed by atoms with van der Waals surface area (Å²) in [6.07, 6.45) is 1.64. The summed E-state index contributed by atoms with van der Waals surface area (Å²) in [6, 6.07) is 20.1. The van der Waals surface area contributed by atoms with E-state index in [0.29, 0.717) is 17.9 Å². The van der Waals surface area contributed by atoms with Gasteiger partial charge in [-0.15, -0.1) is 0 Å². The molecule has 3 aromatic rings. The number of hydrogen-bond acceptors (Lipinski definition) is 4. The Labute approximate surface area is 194 Å². The van der Waals surface area contributed by atoms with E-state index in [0.717, 1.165) is 29.2 Å². The first kappa shape index (κ1) is 22.6. The third-order valence-corrected chi connectivity index (χ3v) is 5.86. The highest BCUT2D eigenvalue weighted by molar-refractivity contribution is 6.46. The Hall–Kier alpha value is -3.60. The Kier molecular flexibility index (Phi) is 6.50. The van der Waals surface area contributed by atoms with E-state index < -0.39 is 17.7 Å². The number of ether oxygens (including phenoxy) is 1. The van der Waals surface area contributed by atoms with Crippen molar-refractivity contribution in [2.45, 2.75) is 45.8 Å². The largest absolute Gasteiger partial charge is 0.507 e. The topological polar surface area (TPSA) is 66.8 Å². The smallest absolute Gasteiger partial charge is 0.295 e. The lowest BCUT2D eigenvalue weighted by atomic mass is 9.94. The van der Waals surface area contributed by atoms with Crippen LogP contribution >= 0.6 is 0 Å². The molecule has 0 aromatic heterocycles. The normalized spacial score (nSPS) is 17.8. The fourth-order valence-electron chi connectivity index (χ4n) is 4.31. The Bertz CT molecular complexity index is 1230. The molecule has 1 aliphatic rings. The molecule has 1 heterocycles. The number of fused-ring (bicyclic) bond motifs is 1. The predicted molar refractivity (Wildman–Crippen MR) is 130 cm³/mol. The van der Waals surface area contributed by atoms with Crippen LogP contribution in [0.5, 0.6) is 5.75 Å². The SMILES string of the molecule is CCCCN1C(=O)C(=O)/C(=C(\O)c2ccc3ccccc3c2)C1c1cccc(OC(C)C)c1. The van der Waals surface area contributed by atoms with Crippen LogP contribution in [0, 0.1) is 0 Å². The number of carbonyl (C=O) groups is 2. The van der Waals surface area contributed by atoms with Gasteiger partial charge < -0.3 is 14.7 Å². The number of nitrogens with zero attached hydrogens (tertiary/aromatic N) is 1. The fraction of sp³-hybridized carbons (Fsp3) is 0.286. The second kappa shape index (κ2) is 9.49. The minimum atomic E-state index is -0.668. The monoisotopic (exact) mass is 443 g/mol. The fourth-order valence-corrected chi connectivity index (χ4v) is 4.31. The molecule has 0 saturated carbocycles. The van der Waals surface area contributed by atoms with Crippen LogP contribution in [0.25, 0.3) is 16.5 Å². The zero-order chi connectivity index (χ0) is 23.5. The minimum Gasteiger partial charge on any atom is -0.507 e. The van der Waals surface area contributed by atoms with Crippen LogP contribution in [-0.4, -0.2) is 34.3 Å². The molecule has 1 fully saturated rings. The maximum atomic E-state index is 13.2. The van der Waals surface area contributed by atoms with Gasteiger partial charge in [0.15, 0.2) is 0 Å². The Balaban J connectivity index is 1.86. The molecule has 0 radical (unpaired) electrons. The van der Waals surface area contributed by atoms with Crippen molar-refractivity contribution in [3.8, 4) is 5.75 Å². The molecule has 1 amide bonds. The molecule has 3 aromatic carbocycles. The van der Waals surface area contributed by atoms with E-state index in [2.05, 4.69) is 0 Å². The highest BCUT2D eigenvalue weighted by Gasteiger charge is 2.45. The Morgan fingerprint density at radius 2 is 1.76 bits per heavy atom. The number of unbranched alkanes of at least 4 members (excludes halogenated alkanes) is 1. The summed E-state index contributed by atoms with van der Waals surface area (Å²) in [4.78, 5) is 27.8. The molecule has 1 aliphatic heterocycles. The van der Waals surface area contributed by atoms with Gasteiger partial charge in [-0.1, -0.05) is 61.9 Å². The number of rotatable bonds is 7. The average molecular weight is 444 g/mol. The van der Waals surface area contributed by atoms with E-state index in [9.17, 15) is 14.7 Å². The molecule has 0 spiro atoms. The van der Waals surface area contributed by atoms with Gasteiger partial charge in [-0.3, -0.25) is 9.59 Å². The summed E-state index contributed by atoms with van der Waals surface area (Å²) in [7, 11) is 0. The number of ketones is 1. The van der Waals surface area contributed by atoms with E-state index >= 15 is 0 Å². The zero-order valence-electron chi connectivity index (χ0n) is 19.2. The maximum absolute atomic E-state index is 13.2. The number of likely N-dealkylation sites (tertiary alicyclic amines) is 1. The number of amides is 1. The molecule has 33 heavy (non-hydrogen) atoms. The average Bonchev–Trinajstić information content (AvgIpc) is 3.06. The predicted octanol–water partition coefficient (Wildman–Crippen LogP) is 5.85. The summed E-state index contributed by atoms with van der Waals surface area (Å²) in [5.41, 5.74) is 1.38. The summed E-state index contributed by atoms with van der Waals surface area (Å²) in [5, 5.41) is 13.3. The summed E-state index contributed by atoms with van der Waals surface area (Å²) >= 11 is 0. The number of aliphatic hydroxyl groups excluding tert-OH is 1. The van der Waals surface area contributed by atoms with Gasteiger partial charge in [0.05, 0.1) is 17.7 Å². The van der Waals surface area contributed by atoms with Gasteiger partial charge in [-0.2, -0.15) is 0 Å². The van der Waals surface area contributed by atoms with Crippen molar-refractivity contribution in [1.29, 1.82) is 0 Å². The Morgan fingerprint density at radius 3 is 2.48 bits per heavy atom. The lowest BCUT2D eigenvalue weighted by Gasteiger charge is -2.25. The second-order valence-corrected chi connectivity index (χ2v) is 8.65. The van der Waals surface area contributed by atoms with Crippen LogP contribution in [0.1, 0.15) is 50.8 Å². The summed E-state index contributed by atoms with van der Waals surface area (Å²) < 4.78 is 5.85. The van der Waals surface area contributed by atoms with Gasteiger partial charge in [0.25, 0.3) is 11.7 Å². The number of benzene rings is 3. The summed E-state index contributed by atoms with van der Waals surface area (Å²) in [6.45, 7) is 6.37. The molecule has 5 heteroatoms. The molecule has 0 bridgehead atoms. The Morgan fingerprint density at radius 1 is 1.00 bits per heavy atom. The number of carbonyl (C=O) groups excluding carboxylic acids is 2. The van der Waals surface area contributed by atoms with E-state index in [-0.39, 0.29) is 17.4 Å². The molecular formula is C28H29NO4. The quantitative estimate of drug-likeness (QED) is 0.283. The van der Waals surface area contributed by atoms with Crippen molar-refractivity contribution in [3.63, 3.8) is 0 Å². The molecule has 1 atom stereocenters. The number of aliphatic hydroxyl groups is 1. The van der Waals surface area contributed by atoms with Crippen molar-refractivity contribution >= 4 is 28.2 Å². The van der Waals surface area contributed by atoms with Gasteiger partial charge in [-0.05, 0) is 54.8 Å². The molecular weight excluding hydrogens is 414 g/mol. The first-order valence-electron chi connectivity index (χ1n) is 11.4. The molecule has 170 valence electrons. The van der Waals surface area contributed by atoms with E-state index in [1.54, 1.807) is 11.0 Å². The van der Waals surface area contributed by atoms with Crippen LogP contribution in [-0.2, 0) is 9.59 Å². The molecule has 1 N–H and O–H groups in total. The third-order valence-electron chi connectivity index (χ3n) is 5.86. The van der Waals surface area contributed by atoms with Crippen molar-refractivity contribution in [1.82, 2.24) is 4.90 Å². The molecule has 5 nitrogen and oxygen atoms in total. The zero-order valence-corrected chi connectivity index (χ0v) is 19.2. The maximum Gasteiger partial charge on any atom is 0.295 e. The number of hydrogen-bond donors (Lipinski definition) is 1.